The van der Waals surface area contributed by atoms with E-state index in [4.69, 9.17) is 4.74 Å². The summed E-state index contributed by atoms with van der Waals surface area (Å²) >= 11 is 0. The van der Waals surface area contributed by atoms with Crippen molar-refractivity contribution in [2.75, 3.05) is 14.2 Å². The predicted molar refractivity (Wildman–Crippen MR) is 127 cm³/mol. The number of pyridine rings is 1. The average Bonchev–Trinajstić information content (AvgIpc) is 2.85. The number of allylic oxidation sites excluding steroid dienone is 1. The largest absolute Gasteiger partial charge is 0.495 e. The van der Waals surface area contributed by atoms with Gasteiger partial charge in [-0.05, 0) is 48.8 Å². The van der Waals surface area contributed by atoms with Crippen molar-refractivity contribution in [3.05, 3.63) is 65.0 Å². The van der Waals surface area contributed by atoms with E-state index >= 15 is 0 Å². The number of alkyl halides is 3. The quantitative estimate of drug-likeness (QED) is 0.564. The summed E-state index contributed by atoms with van der Waals surface area (Å²) in [5, 5.41) is 5.41. The number of amides is 2. The molecule has 0 unspecified atom stereocenters. The second-order valence-corrected chi connectivity index (χ2v) is 8.68. The number of nitrogens with zero attached hydrogens (tertiary/aromatic N) is 1. The van der Waals surface area contributed by atoms with Crippen LogP contribution in [-0.2, 0) is 17.8 Å². The van der Waals surface area contributed by atoms with Crippen LogP contribution in [0.25, 0.3) is 6.08 Å². The number of nitrogens with one attached hydrogen (secondary N) is 2. The molecule has 1 aromatic heterocycles. The van der Waals surface area contributed by atoms with E-state index in [1.165, 1.54) is 13.3 Å². The molecule has 0 aliphatic heterocycles. The highest BCUT2D eigenvalue weighted by atomic mass is 19.4. The van der Waals surface area contributed by atoms with E-state index in [0.29, 0.717) is 24.2 Å². The first-order valence-electron chi connectivity index (χ1n) is 11.5. The summed E-state index contributed by atoms with van der Waals surface area (Å²) in [7, 11) is 3.07. The minimum absolute atomic E-state index is 0.0471. The zero-order chi connectivity index (χ0) is 25.4. The van der Waals surface area contributed by atoms with Gasteiger partial charge in [-0.3, -0.25) is 9.59 Å². The lowest BCUT2D eigenvalue weighted by Gasteiger charge is -2.28. The minimum atomic E-state index is -4.13. The Morgan fingerprint density at radius 3 is 2.51 bits per heavy atom. The Morgan fingerprint density at radius 2 is 1.86 bits per heavy atom. The molecule has 0 spiro atoms. The highest BCUT2D eigenvalue weighted by Gasteiger charge is 2.40. The zero-order valence-electron chi connectivity index (χ0n) is 19.8. The Morgan fingerprint density at radius 1 is 1.14 bits per heavy atom. The molecule has 1 saturated carbocycles. The Bertz CT molecular complexity index is 1060. The van der Waals surface area contributed by atoms with Gasteiger partial charge in [0, 0.05) is 19.2 Å². The van der Waals surface area contributed by atoms with E-state index in [-0.39, 0.29) is 49.2 Å². The van der Waals surface area contributed by atoms with Crippen molar-refractivity contribution in [2.45, 2.75) is 44.8 Å². The number of benzene rings is 1. The van der Waals surface area contributed by atoms with Gasteiger partial charge < -0.3 is 15.4 Å². The highest BCUT2D eigenvalue weighted by Crippen LogP contribution is 2.40. The number of methoxy groups -OCH3 is 1. The molecule has 9 heteroatoms. The Labute approximate surface area is 203 Å². The fraction of sp³-hybridized carbons (Fsp3) is 0.423. The second kappa shape index (κ2) is 11.9. The molecule has 1 aromatic carbocycles. The van der Waals surface area contributed by atoms with Crippen LogP contribution < -0.4 is 15.4 Å². The van der Waals surface area contributed by atoms with Crippen molar-refractivity contribution in [1.82, 2.24) is 15.6 Å². The van der Waals surface area contributed by atoms with Gasteiger partial charge in [0.1, 0.15) is 11.4 Å². The predicted octanol–water partition coefficient (Wildman–Crippen LogP) is 4.69. The lowest BCUT2D eigenvalue weighted by molar-refractivity contribution is -0.183. The molecule has 1 aliphatic rings. The van der Waals surface area contributed by atoms with E-state index in [0.717, 1.165) is 11.1 Å². The normalized spacial score (nSPS) is 18.3. The van der Waals surface area contributed by atoms with Crippen LogP contribution in [0.4, 0.5) is 13.2 Å². The van der Waals surface area contributed by atoms with Crippen molar-refractivity contribution in [2.24, 2.45) is 11.8 Å². The molecule has 0 saturated heterocycles. The maximum atomic E-state index is 12.9. The molecular weight excluding hydrogens is 459 g/mol. The van der Waals surface area contributed by atoms with Crippen LogP contribution in [0.2, 0.25) is 0 Å². The molecule has 1 aliphatic carbocycles. The second-order valence-electron chi connectivity index (χ2n) is 8.68. The minimum Gasteiger partial charge on any atom is -0.495 e. The summed E-state index contributed by atoms with van der Waals surface area (Å²) in [4.78, 5) is 28.5. The number of carbonyl (C=O) groups is 2. The molecule has 6 nitrogen and oxygen atoms in total. The van der Waals surface area contributed by atoms with Gasteiger partial charge in [-0.25, -0.2) is 4.98 Å². The summed E-state index contributed by atoms with van der Waals surface area (Å²) in [6.07, 6.45) is 2.47. The molecule has 0 atom stereocenters. The van der Waals surface area contributed by atoms with Crippen LogP contribution in [0.3, 0.4) is 0 Å². The van der Waals surface area contributed by atoms with Gasteiger partial charge in [0.2, 0.25) is 5.91 Å². The number of rotatable bonds is 8. The molecule has 2 amide bonds. The molecule has 2 aromatic rings. The van der Waals surface area contributed by atoms with Crippen LogP contribution in [0, 0.1) is 11.8 Å². The van der Waals surface area contributed by atoms with E-state index in [2.05, 4.69) is 15.6 Å². The Balaban J connectivity index is 1.63. The Hall–Kier alpha value is -3.36. The monoisotopic (exact) mass is 489 g/mol. The van der Waals surface area contributed by atoms with Crippen LogP contribution >= 0.6 is 0 Å². The van der Waals surface area contributed by atoms with E-state index < -0.39 is 12.1 Å². The third-order valence-electron chi connectivity index (χ3n) is 6.22. The molecule has 188 valence electrons. The molecule has 3 rings (SSSR count). The summed E-state index contributed by atoms with van der Waals surface area (Å²) in [6.45, 7) is 0.266. The Kier molecular flexibility index (Phi) is 8.89. The van der Waals surface area contributed by atoms with Crippen LogP contribution in [0.15, 0.2) is 42.6 Å². The number of aromatic nitrogens is 1. The number of ether oxygens (including phenoxy) is 1. The van der Waals surface area contributed by atoms with Gasteiger partial charge in [-0.1, -0.05) is 36.4 Å². The lowest BCUT2D eigenvalue weighted by Crippen LogP contribution is -2.27. The number of carbonyl (C=O) groups excluding carboxylic acids is 2. The summed E-state index contributed by atoms with van der Waals surface area (Å²) in [6, 6.07) is 9.00. The van der Waals surface area contributed by atoms with Gasteiger partial charge in [0.25, 0.3) is 5.91 Å². The third-order valence-corrected chi connectivity index (χ3v) is 6.22. The molecule has 2 N–H and O–H groups in total. The summed E-state index contributed by atoms with van der Waals surface area (Å²) < 4.78 is 44.0. The van der Waals surface area contributed by atoms with Crippen LogP contribution in [0.1, 0.15) is 52.9 Å². The molecule has 35 heavy (non-hydrogen) atoms. The van der Waals surface area contributed by atoms with Crippen molar-refractivity contribution >= 4 is 17.9 Å². The van der Waals surface area contributed by atoms with Gasteiger partial charge in [0.05, 0.1) is 25.6 Å². The van der Waals surface area contributed by atoms with Gasteiger partial charge >= 0.3 is 6.18 Å². The smallest absolute Gasteiger partial charge is 0.391 e. The fourth-order valence-corrected chi connectivity index (χ4v) is 4.16. The molecular formula is C26H30F3N3O3. The number of hydrogen-bond acceptors (Lipinski definition) is 4. The summed E-state index contributed by atoms with van der Waals surface area (Å²) in [5.74, 6) is -1.16. The SMILES string of the molecule is CNC(=O)Cc1cccc(CNC(=O)c2cc(/C=C/[C@H]3CC[C@@H](C(F)(F)F)CC3)c(OC)cn2)c1. The van der Waals surface area contributed by atoms with Crippen LogP contribution in [-0.4, -0.2) is 37.1 Å². The molecule has 0 bridgehead atoms. The first kappa shape index (κ1) is 26.2. The topological polar surface area (TPSA) is 80.3 Å². The number of halogens is 3. The molecule has 1 fully saturated rings. The van der Waals surface area contributed by atoms with Crippen molar-refractivity contribution in [3.63, 3.8) is 0 Å². The fourth-order valence-electron chi connectivity index (χ4n) is 4.16. The standard InChI is InChI=1S/C26H30F3N3O3/c1-30-24(33)13-18-4-3-5-19(12-18)15-32-25(34)22-14-20(23(35-2)16-31-22)9-6-17-7-10-21(11-8-17)26(27,28)29/h3-6,9,12,14,16-17,21H,7-8,10-11,13,15H2,1-2H3,(H,30,33)(H,32,34)/b9-6+/t17-,21+. The van der Waals surface area contributed by atoms with Gasteiger partial charge in [-0.15, -0.1) is 0 Å². The third kappa shape index (κ3) is 7.56. The molecule has 1 heterocycles. The van der Waals surface area contributed by atoms with Crippen molar-refractivity contribution in [3.8, 4) is 5.75 Å². The van der Waals surface area contributed by atoms with Gasteiger partial charge in [-0.2, -0.15) is 13.2 Å². The van der Waals surface area contributed by atoms with Crippen molar-refractivity contribution < 1.29 is 27.5 Å². The number of likely N-dealkylation sites (N-methyl/N-ethyl adjacent to an activating group) is 1. The van der Waals surface area contributed by atoms with Crippen molar-refractivity contribution in [1.29, 1.82) is 0 Å². The van der Waals surface area contributed by atoms with E-state index in [1.807, 2.05) is 30.3 Å². The zero-order valence-corrected chi connectivity index (χ0v) is 19.8. The maximum Gasteiger partial charge on any atom is 0.391 e. The van der Waals surface area contributed by atoms with E-state index in [1.54, 1.807) is 19.2 Å². The highest BCUT2D eigenvalue weighted by molar-refractivity contribution is 5.93. The first-order valence-corrected chi connectivity index (χ1v) is 11.5. The average molecular weight is 490 g/mol. The molecule has 0 radical (unpaired) electrons. The van der Waals surface area contributed by atoms with Crippen LogP contribution in [0.5, 0.6) is 5.75 Å². The summed E-state index contributed by atoms with van der Waals surface area (Å²) in [5.41, 5.74) is 2.53. The first-order chi connectivity index (χ1) is 16.7. The van der Waals surface area contributed by atoms with E-state index in [9.17, 15) is 22.8 Å². The maximum absolute atomic E-state index is 12.9. The van der Waals surface area contributed by atoms with Gasteiger partial charge in [0.15, 0.2) is 0 Å². The lowest BCUT2D eigenvalue weighted by atomic mass is 9.81. The number of hydrogen-bond donors (Lipinski definition) is 2.